The molecule has 0 spiro atoms. The molecule has 0 fully saturated rings. The third-order valence-electron chi connectivity index (χ3n) is 3.18. The van der Waals surface area contributed by atoms with E-state index in [9.17, 15) is 8.78 Å². The molecule has 0 aliphatic heterocycles. The fraction of sp³-hybridized carbons (Fsp3) is 0.200. The van der Waals surface area contributed by atoms with Gasteiger partial charge < -0.3 is 10.5 Å². The van der Waals surface area contributed by atoms with E-state index in [0.29, 0.717) is 21.9 Å². The van der Waals surface area contributed by atoms with Gasteiger partial charge in [0.1, 0.15) is 17.4 Å². The zero-order valence-corrected chi connectivity index (χ0v) is 11.8. The molecular formula is C15H14ClF2NO. The molecule has 106 valence electrons. The number of hydrogen-bond donors (Lipinski definition) is 1. The molecule has 2 N–H and O–H groups in total. The van der Waals surface area contributed by atoms with Gasteiger partial charge in [-0.15, -0.1) is 0 Å². The third kappa shape index (κ3) is 2.76. The van der Waals surface area contributed by atoms with Crippen molar-refractivity contribution in [1.29, 1.82) is 0 Å². The first-order valence-corrected chi connectivity index (χ1v) is 6.32. The first-order chi connectivity index (χ1) is 9.34. The van der Waals surface area contributed by atoms with E-state index in [1.54, 1.807) is 25.1 Å². The number of hydrogen-bond acceptors (Lipinski definition) is 2. The number of rotatable bonds is 3. The second kappa shape index (κ2) is 5.38. The molecule has 2 aromatic carbocycles. The molecule has 0 radical (unpaired) electrons. The van der Waals surface area contributed by atoms with Crippen molar-refractivity contribution in [2.24, 2.45) is 5.73 Å². The lowest BCUT2D eigenvalue weighted by Gasteiger charge is -2.28. The Bertz CT molecular complexity index is 624. The van der Waals surface area contributed by atoms with Crippen LogP contribution < -0.4 is 10.5 Å². The monoisotopic (exact) mass is 297 g/mol. The standard InChI is InChI=1S/C15H14ClF2NO/c1-15(19,9-5-11(17)8-12(18)6-9)13-7-10(16)3-4-14(13)20-2/h3-8H,19H2,1-2H3. The van der Waals surface area contributed by atoms with Crippen LogP contribution in [-0.4, -0.2) is 7.11 Å². The molecule has 0 aliphatic rings. The normalized spacial score (nSPS) is 13.9. The van der Waals surface area contributed by atoms with Crippen molar-refractivity contribution >= 4 is 11.6 Å². The molecule has 0 heterocycles. The van der Waals surface area contributed by atoms with Crippen molar-refractivity contribution in [3.63, 3.8) is 0 Å². The molecule has 0 bridgehead atoms. The summed E-state index contributed by atoms with van der Waals surface area (Å²) in [6, 6.07) is 8.15. The summed E-state index contributed by atoms with van der Waals surface area (Å²) in [5.74, 6) is -0.862. The Morgan fingerprint density at radius 2 is 1.70 bits per heavy atom. The zero-order chi connectivity index (χ0) is 14.9. The van der Waals surface area contributed by atoms with E-state index >= 15 is 0 Å². The molecule has 0 amide bonds. The summed E-state index contributed by atoms with van der Waals surface area (Å²) in [5.41, 5.74) is 5.99. The van der Waals surface area contributed by atoms with Crippen molar-refractivity contribution < 1.29 is 13.5 Å². The molecule has 0 saturated carbocycles. The van der Waals surface area contributed by atoms with Crippen LogP contribution in [0, 0.1) is 11.6 Å². The van der Waals surface area contributed by atoms with Crippen LogP contribution in [0.5, 0.6) is 5.75 Å². The molecule has 0 aliphatic carbocycles. The van der Waals surface area contributed by atoms with Gasteiger partial charge in [-0.1, -0.05) is 11.6 Å². The highest BCUT2D eigenvalue weighted by Crippen LogP contribution is 2.35. The summed E-state index contributed by atoms with van der Waals surface area (Å²) in [4.78, 5) is 0. The van der Waals surface area contributed by atoms with Gasteiger partial charge in [0.2, 0.25) is 0 Å². The first kappa shape index (κ1) is 14.8. The van der Waals surface area contributed by atoms with Crippen LogP contribution in [0.15, 0.2) is 36.4 Å². The highest BCUT2D eigenvalue weighted by molar-refractivity contribution is 6.30. The molecule has 2 rings (SSSR count). The SMILES string of the molecule is COc1ccc(Cl)cc1C(C)(N)c1cc(F)cc(F)c1. The first-order valence-electron chi connectivity index (χ1n) is 5.94. The average Bonchev–Trinajstić information content (AvgIpc) is 2.37. The van der Waals surface area contributed by atoms with Crippen molar-refractivity contribution in [2.45, 2.75) is 12.5 Å². The summed E-state index contributed by atoms with van der Waals surface area (Å²) < 4.78 is 32.0. The maximum atomic E-state index is 13.4. The minimum absolute atomic E-state index is 0.301. The molecule has 1 unspecified atom stereocenters. The lowest BCUT2D eigenvalue weighted by Crippen LogP contribution is -2.35. The van der Waals surface area contributed by atoms with Crippen LogP contribution in [0.4, 0.5) is 8.78 Å². The maximum absolute atomic E-state index is 13.4. The lowest BCUT2D eigenvalue weighted by atomic mass is 9.85. The van der Waals surface area contributed by atoms with Crippen molar-refractivity contribution in [3.8, 4) is 5.75 Å². The minimum atomic E-state index is -1.14. The Balaban J connectivity index is 2.62. The summed E-state index contributed by atoms with van der Waals surface area (Å²) in [5, 5.41) is 0.467. The van der Waals surface area contributed by atoms with E-state index < -0.39 is 17.2 Å². The van der Waals surface area contributed by atoms with Crippen molar-refractivity contribution in [1.82, 2.24) is 0 Å². The van der Waals surface area contributed by atoms with E-state index in [4.69, 9.17) is 22.1 Å². The molecule has 1 atom stereocenters. The molecule has 5 heteroatoms. The average molecular weight is 298 g/mol. The van der Waals surface area contributed by atoms with E-state index in [1.165, 1.54) is 19.2 Å². The summed E-state index contributed by atoms with van der Waals surface area (Å²) >= 11 is 5.97. The molecule has 2 nitrogen and oxygen atoms in total. The van der Waals surface area contributed by atoms with Crippen LogP contribution in [0.3, 0.4) is 0 Å². The molecule has 2 aromatic rings. The molecule has 20 heavy (non-hydrogen) atoms. The Morgan fingerprint density at radius 3 is 2.25 bits per heavy atom. The van der Waals surface area contributed by atoms with Crippen LogP contribution >= 0.6 is 11.6 Å². The minimum Gasteiger partial charge on any atom is -0.496 e. The molecular weight excluding hydrogens is 284 g/mol. The van der Waals surface area contributed by atoms with E-state index in [-0.39, 0.29) is 0 Å². The highest BCUT2D eigenvalue weighted by Gasteiger charge is 2.28. The smallest absolute Gasteiger partial charge is 0.126 e. The Labute approximate surface area is 121 Å². The van der Waals surface area contributed by atoms with Gasteiger partial charge in [0.05, 0.1) is 12.6 Å². The quantitative estimate of drug-likeness (QED) is 0.934. The van der Waals surface area contributed by atoms with Gasteiger partial charge >= 0.3 is 0 Å². The van der Waals surface area contributed by atoms with Crippen LogP contribution in [0.1, 0.15) is 18.1 Å². The van der Waals surface area contributed by atoms with Crippen LogP contribution in [0.2, 0.25) is 5.02 Å². The Kier molecular flexibility index (Phi) is 3.97. The predicted molar refractivity (Wildman–Crippen MR) is 75.0 cm³/mol. The number of methoxy groups -OCH3 is 1. The highest BCUT2D eigenvalue weighted by atomic mass is 35.5. The topological polar surface area (TPSA) is 35.2 Å². The van der Waals surface area contributed by atoms with Gasteiger partial charge in [0.25, 0.3) is 0 Å². The van der Waals surface area contributed by atoms with Crippen molar-refractivity contribution in [2.75, 3.05) is 7.11 Å². The summed E-state index contributed by atoms with van der Waals surface area (Å²) in [7, 11) is 1.50. The molecule has 0 aromatic heterocycles. The van der Waals surface area contributed by atoms with E-state index in [2.05, 4.69) is 0 Å². The number of ether oxygens (including phenoxy) is 1. The van der Waals surface area contributed by atoms with Crippen molar-refractivity contribution in [3.05, 3.63) is 64.2 Å². The van der Waals surface area contributed by atoms with E-state index in [1.807, 2.05) is 0 Å². The Hall–Kier alpha value is -1.65. The fourth-order valence-electron chi connectivity index (χ4n) is 2.10. The van der Waals surface area contributed by atoms with Gasteiger partial charge in [-0.05, 0) is 42.8 Å². The third-order valence-corrected chi connectivity index (χ3v) is 3.42. The van der Waals surface area contributed by atoms with E-state index in [0.717, 1.165) is 6.07 Å². The number of nitrogens with two attached hydrogens (primary N) is 1. The van der Waals surface area contributed by atoms with Crippen LogP contribution in [0.25, 0.3) is 0 Å². The molecule has 0 saturated heterocycles. The van der Waals surface area contributed by atoms with Gasteiger partial charge in [0, 0.05) is 16.7 Å². The second-order valence-electron chi connectivity index (χ2n) is 4.71. The maximum Gasteiger partial charge on any atom is 0.126 e. The fourth-order valence-corrected chi connectivity index (χ4v) is 2.27. The van der Waals surface area contributed by atoms with Gasteiger partial charge in [-0.25, -0.2) is 8.78 Å². The van der Waals surface area contributed by atoms with Gasteiger partial charge in [-0.2, -0.15) is 0 Å². The number of halogens is 3. The lowest BCUT2D eigenvalue weighted by molar-refractivity contribution is 0.398. The van der Waals surface area contributed by atoms with Gasteiger partial charge in [-0.3, -0.25) is 0 Å². The summed E-state index contributed by atoms with van der Waals surface area (Å²) in [6.07, 6.45) is 0. The second-order valence-corrected chi connectivity index (χ2v) is 5.14. The largest absolute Gasteiger partial charge is 0.496 e. The predicted octanol–water partition coefficient (Wildman–Crippen LogP) is 3.85. The van der Waals surface area contributed by atoms with Crippen LogP contribution in [-0.2, 0) is 5.54 Å². The summed E-state index contributed by atoms with van der Waals surface area (Å²) in [6.45, 7) is 1.65. The Morgan fingerprint density at radius 1 is 1.10 bits per heavy atom. The zero-order valence-electron chi connectivity index (χ0n) is 11.1. The number of benzene rings is 2. The van der Waals surface area contributed by atoms with Gasteiger partial charge in [0.15, 0.2) is 0 Å².